The number of carbonyl (C=O) groups is 2. The van der Waals surface area contributed by atoms with Crippen molar-refractivity contribution in [3.05, 3.63) is 0 Å². The molecular formula is C12H17NO6. The van der Waals surface area contributed by atoms with Crippen LogP contribution in [0.2, 0.25) is 0 Å². The molecule has 0 aromatic rings. The summed E-state index contributed by atoms with van der Waals surface area (Å²) >= 11 is 0. The number of fused-ring (bicyclic) bond motifs is 3. The summed E-state index contributed by atoms with van der Waals surface area (Å²) < 4.78 is 11.6. The number of ether oxygens (including phenoxy) is 2. The van der Waals surface area contributed by atoms with Crippen LogP contribution < -0.4 is 5.32 Å². The molecule has 0 spiro atoms. The molecule has 3 rings (SSSR count). The van der Waals surface area contributed by atoms with E-state index in [0.717, 1.165) is 12.8 Å². The van der Waals surface area contributed by atoms with Gasteiger partial charge >= 0.3 is 11.9 Å². The summed E-state index contributed by atoms with van der Waals surface area (Å²) in [7, 11) is 0. The smallest absolute Gasteiger partial charge is 0.323 e. The van der Waals surface area contributed by atoms with E-state index < -0.39 is 23.6 Å². The summed E-state index contributed by atoms with van der Waals surface area (Å²) in [6.45, 7) is 1.05. The first-order valence-corrected chi connectivity index (χ1v) is 6.52. The fourth-order valence-corrected chi connectivity index (χ4v) is 3.72. The maximum Gasteiger partial charge on any atom is 0.323 e. The molecule has 0 aromatic carbocycles. The number of nitrogens with one attached hydrogen (secondary N) is 1. The summed E-state index contributed by atoms with van der Waals surface area (Å²) in [5, 5.41) is 21.3. The molecule has 7 heteroatoms. The Bertz CT molecular complexity index is 413. The van der Waals surface area contributed by atoms with E-state index in [1.165, 1.54) is 0 Å². The number of hydrogen-bond donors (Lipinski definition) is 3. The SMILES string of the molecule is O=C(O)C[C@]12O[C@@H]3CCCO[C@@H]3[C@H]1CN[C@@H]2C(=O)O. The lowest BCUT2D eigenvalue weighted by molar-refractivity contribution is -0.158. The quantitative estimate of drug-likeness (QED) is 0.632. The minimum Gasteiger partial charge on any atom is -0.481 e. The van der Waals surface area contributed by atoms with Crippen LogP contribution in [-0.4, -0.2) is 59.2 Å². The van der Waals surface area contributed by atoms with E-state index in [4.69, 9.17) is 14.6 Å². The van der Waals surface area contributed by atoms with Gasteiger partial charge < -0.3 is 25.0 Å². The van der Waals surface area contributed by atoms with E-state index in [1.807, 2.05) is 0 Å². The van der Waals surface area contributed by atoms with Crippen LogP contribution >= 0.6 is 0 Å². The summed E-state index contributed by atoms with van der Waals surface area (Å²) in [5.74, 6) is -2.32. The molecule has 0 aliphatic carbocycles. The highest BCUT2D eigenvalue weighted by molar-refractivity contribution is 5.79. The van der Waals surface area contributed by atoms with Gasteiger partial charge in [-0.2, -0.15) is 0 Å². The highest BCUT2D eigenvalue weighted by Crippen LogP contribution is 2.48. The largest absolute Gasteiger partial charge is 0.481 e. The second kappa shape index (κ2) is 4.43. The zero-order valence-corrected chi connectivity index (χ0v) is 10.4. The molecule has 7 nitrogen and oxygen atoms in total. The highest BCUT2D eigenvalue weighted by Gasteiger charge is 2.65. The van der Waals surface area contributed by atoms with Crippen LogP contribution in [-0.2, 0) is 19.1 Å². The van der Waals surface area contributed by atoms with Crippen LogP contribution in [0.4, 0.5) is 0 Å². The molecule has 3 aliphatic heterocycles. The van der Waals surface area contributed by atoms with E-state index in [2.05, 4.69) is 5.32 Å². The van der Waals surface area contributed by atoms with Gasteiger partial charge in [0.05, 0.1) is 18.6 Å². The molecule has 3 saturated heterocycles. The van der Waals surface area contributed by atoms with E-state index in [9.17, 15) is 14.7 Å². The van der Waals surface area contributed by atoms with Crippen molar-refractivity contribution >= 4 is 11.9 Å². The predicted molar refractivity (Wildman–Crippen MR) is 61.7 cm³/mol. The number of hydrogen-bond acceptors (Lipinski definition) is 5. The average molecular weight is 271 g/mol. The Hall–Kier alpha value is -1.18. The molecule has 3 N–H and O–H groups in total. The standard InChI is InChI=1S/C12H17NO6/c14-8(15)4-12-6(5-13-10(12)11(16)17)9-7(19-12)2-1-3-18-9/h6-7,9-10,13H,1-5H2,(H,14,15)(H,16,17)/t6-,7-,9-,10-,12+/m1/s1. The van der Waals surface area contributed by atoms with Crippen molar-refractivity contribution in [2.24, 2.45) is 5.92 Å². The van der Waals surface area contributed by atoms with Crippen molar-refractivity contribution in [2.45, 2.75) is 43.1 Å². The Labute approximate surface area is 109 Å². The third-order valence-electron chi connectivity index (χ3n) is 4.41. The van der Waals surface area contributed by atoms with Gasteiger partial charge in [0.25, 0.3) is 0 Å². The molecule has 5 atom stereocenters. The number of rotatable bonds is 3. The lowest BCUT2D eigenvalue weighted by Gasteiger charge is -2.30. The average Bonchev–Trinajstić information content (AvgIpc) is 2.80. The molecule has 19 heavy (non-hydrogen) atoms. The van der Waals surface area contributed by atoms with Crippen molar-refractivity contribution in [1.29, 1.82) is 0 Å². The van der Waals surface area contributed by atoms with Crippen molar-refractivity contribution in [2.75, 3.05) is 13.2 Å². The van der Waals surface area contributed by atoms with Gasteiger partial charge in [0.15, 0.2) is 0 Å². The minimum absolute atomic E-state index is 0.179. The fourth-order valence-electron chi connectivity index (χ4n) is 3.72. The molecule has 0 amide bonds. The molecule has 3 heterocycles. The first-order chi connectivity index (χ1) is 9.04. The van der Waals surface area contributed by atoms with Gasteiger partial charge in [0, 0.05) is 19.1 Å². The zero-order chi connectivity index (χ0) is 13.6. The second-order valence-corrected chi connectivity index (χ2v) is 5.45. The summed E-state index contributed by atoms with van der Waals surface area (Å²) in [6.07, 6.45) is 0.988. The summed E-state index contributed by atoms with van der Waals surface area (Å²) in [5.41, 5.74) is -1.18. The Morgan fingerprint density at radius 1 is 1.37 bits per heavy atom. The van der Waals surface area contributed by atoms with Gasteiger partial charge in [-0.3, -0.25) is 9.59 Å². The van der Waals surface area contributed by atoms with Crippen LogP contribution in [0.1, 0.15) is 19.3 Å². The van der Waals surface area contributed by atoms with Gasteiger partial charge in [0.1, 0.15) is 11.6 Å². The molecule has 0 bridgehead atoms. The van der Waals surface area contributed by atoms with Gasteiger partial charge in [-0.1, -0.05) is 0 Å². The fraction of sp³-hybridized carbons (Fsp3) is 0.833. The van der Waals surface area contributed by atoms with Crippen molar-refractivity contribution < 1.29 is 29.3 Å². The van der Waals surface area contributed by atoms with E-state index >= 15 is 0 Å². The van der Waals surface area contributed by atoms with Crippen LogP contribution in [0.25, 0.3) is 0 Å². The van der Waals surface area contributed by atoms with Crippen molar-refractivity contribution in [3.63, 3.8) is 0 Å². The van der Waals surface area contributed by atoms with Gasteiger partial charge in [-0.15, -0.1) is 0 Å². The molecule has 3 fully saturated rings. The monoisotopic (exact) mass is 271 g/mol. The predicted octanol–water partition coefficient (Wildman–Crippen LogP) is -0.550. The van der Waals surface area contributed by atoms with Crippen LogP contribution in [0, 0.1) is 5.92 Å². The lowest BCUT2D eigenvalue weighted by atomic mass is 9.80. The Kier molecular flexibility index (Phi) is 2.99. The third kappa shape index (κ3) is 1.84. The molecule has 106 valence electrons. The lowest BCUT2D eigenvalue weighted by Crippen LogP contribution is -2.52. The van der Waals surface area contributed by atoms with Gasteiger partial charge in [-0.25, -0.2) is 0 Å². The summed E-state index contributed by atoms with van der Waals surface area (Å²) in [6, 6.07) is -0.984. The maximum absolute atomic E-state index is 11.4. The van der Waals surface area contributed by atoms with Crippen molar-refractivity contribution in [3.8, 4) is 0 Å². The molecule has 0 unspecified atom stereocenters. The topological polar surface area (TPSA) is 105 Å². The Morgan fingerprint density at radius 2 is 2.16 bits per heavy atom. The first-order valence-electron chi connectivity index (χ1n) is 6.52. The molecule has 0 saturated carbocycles. The Balaban J connectivity index is 1.94. The third-order valence-corrected chi connectivity index (χ3v) is 4.41. The van der Waals surface area contributed by atoms with Gasteiger partial charge in [-0.05, 0) is 12.8 Å². The van der Waals surface area contributed by atoms with Crippen LogP contribution in [0.5, 0.6) is 0 Å². The Morgan fingerprint density at radius 3 is 2.84 bits per heavy atom. The second-order valence-electron chi connectivity index (χ2n) is 5.45. The first kappa shape index (κ1) is 12.8. The number of carboxylic acid groups (broad SMARTS) is 2. The minimum atomic E-state index is -1.18. The highest BCUT2D eigenvalue weighted by atomic mass is 16.6. The zero-order valence-electron chi connectivity index (χ0n) is 10.4. The van der Waals surface area contributed by atoms with Crippen LogP contribution in [0.15, 0.2) is 0 Å². The van der Waals surface area contributed by atoms with E-state index in [-0.39, 0.29) is 24.5 Å². The molecule has 3 aliphatic rings. The molecule has 0 aromatic heterocycles. The molecule has 0 radical (unpaired) electrons. The van der Waals surface area contributed by atoms with E-state index in [1.54, 1.807) is 0 Å². The summed E-state index contributed by atoms with van der Waals surface area (Å²) in [4.78, 5) is 22.5. The number of aliphatic carboxylic acids is 2. The van der Waals surface area contributed by atoms with Crippen molar-refractivity contribution in [1.82, 2.24) is 5.32 Å². The van der Waals surface area contributed by atoms with Crippen LogP contribution in [0.3, 0.4) is 0 Å². The van der Waals surface area contributed by atoms with Gasteiger partial charge in [0.2, 0.25) is 0 Å². The normalized spacial score (nSPS) is 44.6. The van der Waals surface area contributed by atoms with E-state index in [0.29, 0.717) is 13.2 Å². The maximum atomic E-state index is 11.4. The molecular weight excluding hydrogens is 254 g/mol. The number of carboxylic acids is 2.